The summed E-state index contributed by atoms with van der Waals surface area (Å²) in [4.78, 5) is 10.9. The zero-order valence-electron chi connectivity index (χ0n) is 10.8. The molecule has 3 N–H and O–H groups in total. The van der Waals surface area contributed by atoms with Crippen LogP contribution < -0.4 is 4.72 Å². The molecule has 1 atom stereocenters. The fourth-order valence-electron chi connectivity index (χ4n) is 1.56. The highest BCUT2D eigenvalue weighted by Gasteiger charge is 2.20. The van der Waals surface area contributed by atoms with Gasteiger partial charge in [0.1, 0.15) is 10.6 Å². The first-order valence-electron chi connectivity index (χ1n) is 5.89. The fraction of sp³-hybridized carbons (Fsp3) is 0.545. The van der Waals surface area contributed by atoms with Gasteiger partial charge < -0.3 is 14.8 Å². The van der Waals surface area contributed by atoms with Crippen LogP contribution in [0.15, 0.2) is 17.2 Å². The number of aryl methyl sites for hydroxylation is 1. The molecule has 0 saturated heterocycles. The van der Waals surface area contributed by atoms with Crippen LogP contribution in [0.1, 0.15) is 30.8 Å². The lowest BCUT2D eigenvalue weighted by Crippen LogP contribution is -2.26. The summed E-state index contributed by atoms with van der Waals surface area (Å²) >= 11 is 0. The van der Waals surface area contributed by atoms with Crippen LogP contribution in [0, 0.1) is 0 Å². The van der Waals surface area contributed by atoms with Crippen LogP contribution in [0.25, 0.3) is 0 Å². The van der Waals surface area contributed by atoms with E-state index in [0.29, 0.717) is 13.0 Å². The van der Waals surface area contributed by atoms with Crippen molar-refractivity contribution in [3.8, 4) is 0 Å². The number of carbonyl (C=O) groups is 1. The molecule has 1 unspecified atom stereocenters. The molecule has 1 heterocycles. The standard InChI is InChI=1S/C11H18N2O5S/c1-3-13-7-9(6-10(13)11(15)16)19(17,18)12-5-4-8(2)14/h6-8,12,14H,3-5H2,1-2H3,(H,15,16). The highest BCUT2D eigenvalue weighted by Crippen LogP contribution is 2.14. The Hall–Kier alpha value is -1.38. The van der Waals surface area contributed by atoms with Gasteiger partial charge in [-0.1, -0.05) is 0 Å². The summed E-state index contributed by atoms with van der Waals surface area (Å²) in [6.45, 7) is 3.75. The quantitative estimate of drug-likeness (QED) is 0.667. The van der Waals surface area contributed by atoms with Crippen LogP contribution in [0.2, 0.25) is 0 Å². The largest absolute Gasteiger partial charge is 0.477 e. The predicted molar refractivity (Wildman–Crippen MR) is 68.6 cm³/mol. The van der Waals surface area contributed by atoms with Gasteiger partial charge in [-0.15, -0.1) is 0 Å². The normalized spacial score (nSPS) is 13.4. The lowest BCUT2D eigenvalue weighted by Gasteiger charge is -2.06. The zero-order chi connectivity index (χ0) is 14.6. The van der Waals surface area contributed by atoms with Crippen molar-refractivity contribution in [3.05, 3.63) is 18.0 Å². The molecule has 0 amide bonds. The number of nitrogens with one attached hydrogen (secondary N) is 1. The Labute approximate surface area is 111 Å². The number of aromatic carboxylic acids is 1. The summed E-state index contributed by atoms with van der Waals surface area (Å²) in [6, 6.07) is 1.12. The number of hydrogen-bond donors (Lipinski definition) is 3. The van der Waals surface area contributed by atoms with E-state index in [0.717, 1.165) is 6.07 Å². The number of carboxylic acid groups (broad SMARTS) is 1. The third-order valence-corrected chi connectivity index (χ3v) is 4.02. The van der Waals surface area contributed by atoms with Crippen LogP contribution in [-0.4, -0.2) is 41.8 Å². The van der Waals surface area contributed by atoms with Gasteiger partial charge in [0.15, 0.2) is 0 Å². The molecular weight excluding hydrogens is 272 g/mol. The lowest BCUT2D eigenvalue weighted by atomic mass is 10.3. The summed E-state index contributed by atoms with van der Waals surface area (Å²) < 4.78 is 27.5. The number of aromatic nitrogens is 1. The Bertz CT molecular complexity index is 547. The van der Waals surface area contributed by atoms with Crippen LogP contribution in [0.5, 0.6) is 0 Å². The minimum atomic E-state index is -3.75. The van der Waals surface area contributed by atoms with Crippen LogP contribution in [0.4, 0.5) is 0 Å². The van der Waals surface area contributed by atoms with E-state index < -0.39 is 22.1 Å². The predicted octanol–water partition coefficient (Wildman–Crippen LogP) is 0.255. The van der Waals surface area contributed by atoms with Gasteiger partial charge in [-0.2, -0.15) is 0 Å². The van der Waals surface area contributed by atoms with Crippen LogP contribution >= 0.6 is 0 Å². The zero-order valence-corrected chi connectivity index (χ0v) is 11.6. The van der Waals surface area contributed by atoms with Crippen molar-refractivity contribution < 1.29 is 23.4 Å². The second-order valence-electron chi connectivity index (χ2n) is 4.19. The molecule has 0 bridgehead atoms. The van der Waals surface area contributed by atoms with Gasteiger partial charge in [0.25, 0.3) is 0 Å². The first-order chi connectivity index (χ1) is 8.77. The third-order valence-electron chi connectivity index (χ3n) is 2.60. The average Bonchev–Trinajstić information content (AvgIpc) is 2.72. The third kappa shape index (κ3) is 4.05. The van der Waals surface area contributed by atoms with Crippen LogP contribution in [0.3, 0.4) is 0 Å². The molecule has 0 spiro atoms. The van der Waals surface area contributed by atoms with E-state index in [1.165, 1.54) is 10.8 Å². The van der Waals surface area contributed by atoms with Gasteiger partial charge in [0.05, 0.1) is 6.10 Å². The molecule has 0 aromatic carbocycles. The SMILES string of the molecule is CCn1cc(S(=O)(=O)NCCC(C)O)cc1C(=O)O. The highest BCUT2D eigenvalue weighted by molar-refractivity contribution is 7.89. The van der Waals surface area contributed by atoms with Crippen LogP contribution in [-0.2, 0) is 16.6 Å². The summed E-state index contributed by atoms with van der Waals surface area (Å²) in [5.41, 5.74) is -0.0709. The molecule has 0 saturated carbocycles. The number of aliphatic hydroxyl groups is 1. The highest BCUT2D eigenvalue weighted by atomic mass is 32.2. The number of rotatable bonds is 7. The van der Waals surface area contributed by atoms with Crippen molar-refractivity contribution >= 4 is 16.0 Å². The van der Waals surface area contributed by atoms with Crippen molar-refractivity contribution in [2.45, 2.75) is 37.8 Å². The van der Waals surface area contributed by atoms with Gasteiger partial charge in [-0.3, -0.25) is 0 Å². The maximum absolute atomic E-state index is 11.9. The minimum Gasteiger partial charge on any atom is -0.477 e. The maximum Gasteiger partial charge on any atom is 0.352 e. The molecule has 1 aromatic rings. The minimum absolute atomic E-state index is 0.0709. The van der Waals surface area contributed by atoms with Gasteiger partial charge in [-0.25, -0.2) is 17.9 Å². The first kappa shape index (κ1) is 15.7. The molecule has 7 nitrogen and oxygen atoms in total. The molecule has 108 valence electrons. The Kier molecular flexibility index (Phi) is 5.10. The Morgan fingerprint density at radius 2 is 2.16 bits per heavy atom. The monoisotopic (exact) mass is 290 g/mol. The average molecular weight is 290 g/mol. The van der Waals surface area contributed by atoms with E-state index in [9.17, 15) is 13.2 Å². The van der Waals surface area contributed by atoms with Crippen molar-refractivity contribution in [1.82, 2.24) is 9.29 Å². The summed E-state index contributed by atoms with van der Waals surface area (Å²) in [5, 5.41) is 18.0. The number of carboxylic acids is 1. The van der Waals surface area contributed by atoms with Gasteiger partial charge in [0.2, 0.25) is 10.0 Å². The van der Waals surface area contributed by atoms with Gasteiger partial charge in [0, 0.05) is 19.3 Å². The van der Waals surface area contributed by atoms with E-state index >= 15 is 0 Å². The smallest absolute Gasteiger partial charge is 0.352 e. The Morgan fingerprint density at radius 3 is 2.58 bits per heavy atom. The fourth-order valence-corrected chi connectivity index (χ4v) is 2.64. The molecule has 19 heavy (non-hydrogen) atoms. The van der Waals surface area contributed by atoms with E-state index in [1.807, 2.05) is 0 Å². The molecule has 0 aliphatic carbocycles. The molecule has 0 aliphatic rings. The van der Waals surface area contributed by atoms with Crippen molar-refractivity contribution in [2.75, 3.05) is 6.54 Å². The second kappa shape index (κ2) is 6.18. The maximum atomic E-state index is 11.9. The van der Waals surface area contributed by atoms with E-state index in [4.69, 9.17) is 10.2 Å². The van der Waals surface area contributed by atoms with Gasteiger partial charge >= 0.3 is 5.97 Å². The summed E-state index contributed by atoms with van der Waals surface area (Å²) in [7, 11) is -3.75. The van der Waals surface area contributed by atoms with Gasteiger partial charge in [-0.05, 0) is 26.3 Å². The van der Waals surface area contributed by atoms with E-state index in [-0.39, 0.29) is 17.1 Å². The summed E-state index contributed by atoms with van der Waals surface area (Å²) in [6.07, 6.45) is 0.978. The molecule has 0 radical (unpaired) electrons. The lowest BCUT2D eigenvalue weighted by molar-refractivity contribution is 0.0685. The van der Waals surface area contributed by atoms with E-state index in [1.54, 1.807) is 13.8 Å². The molecular formula is C11H18N2O5S. The topological polar surface area (TPSA) is 109 Å². The van der Waals surface area contributed by atoms with Crippen molar-refractivity contribution in [3.63, 3.8) is 0 Å². The Morgan fingerprint density at radius 1 is 1.53 bits per heavy atom. The molecule has 1 rings (SSSR count). The molecule has 8 heteroatoms. The van der Waals surface area contributed by atoms with E-state index in [2.05, 4.69) is 4.72 Å². The molecule has 1 aromatic heterocycles. The summed E-state index contributed by atoms with van der Waals surface area (Å²) in [5.74, 6) is -1.17. The number of aliphatic hydroxyl groups excluding tert-OH is 1. The molecule has 0 aliphatic heterocycles. The number of nitrogens with zero attached hydrogens (tertiary/aromatic N) is 1. The van der Waals surface area contributed by atoms with Crippen molar-refractivity contribution in [2.24, 2.45) is 0 Å². The Balaban J connectivity index is 2.92. The van der Waals surface area contributed by atoms with Crippen molar-refractivity contribution in [1.29, 1.82) is 0 Å². The molecule has 0 fully saturated rings. The number of sulfonamides is 1. The number of hydrogen-bond acceptors (Lipinski definition) is 4. The first-order valence-corrected chi connectivity index (χ1v) is 7.37. The second-order valence-corrected chi connectivity index (χ2v) is 5.95.